The molecule has 1 atom stereocenters. The molecule has 1 unspecified atom stereocenters. The van der Waals surface area contributed by atoms with Gasteiger partial charge in [0.05, 0.1) is 11.8 Å². The van der Waals surface area contributed by atoms with Crippen molar-refractivity contribution >= 4 is 11.6 Å². The molecule has 1 aromatic rings. The van der Waals surface area contributed by atoms with Gasteiger partial charge in [-0.25, -0.2) is 8.78 Å². The zero-order valence-electron chi connectivity index (χ0n) is 8.76. The van der Waals surface area contributed by atoms with Gasteiger partial charge in [0.1, 0.15) is 17.7 Å². The summed E-state index contributed by atoms with van der Waals surface area (Å²) in [5, 5.41) is 13.5. The molecule has 1 aromatic carbocycles. The van der Waals surface area contributed by atoms with Gasteiger partial charge in [0, 0.05) is 24.6 Å². The highest BCUT2D eigenvalue weighted by Crippen LogP contribution is 2.33. The molecule has 6 heteroatoms. The van der Waals surface area contributed by atoms with E-state index < -0.39 is 23.6 Å². The largest absolute Gasteiger partial charge is 0.322 e. The molecule has 1 aliphatic rings. The Hall–Kier alpha value is -2.00. The number of nitriles is 1. The van der Waals surface area contributed by atoms with Crippen molar-refractivity contribution in [3.8, 4) is 6.07 Å². The van der Waals surface area contributed by atoms with Gasteiger partial charge in [-0.05, 0) is 6.07 Å². The van der Waals surface area contributed by atoms with Crippen molar-refractivity contribution in [1.29, 1.82) is 5.26 Å². The van der Waals surface area contributed by atoms with Gasteiger partial charge in [-0.15, -0.1) is 0 Å². The molecular weight excluding hydrogens is 228 g/mol. The van der Waals surface area contributed by atoms with Crippen LogP contribution in [0.5, 0.6) is 0 Å². The number of anilines is 1. The predicted octanol–water partition coefficient (Wildman–Crippen LogP) is 1.46. The van der Waals surface area contributed by atoms with Crippen LogP contribution in [0.25, 0.3) is 0 Å². The molecule has 0 aliphatic carbocycles. The third-order valence-electron chi connectivity index (χ3n) is 2.49. The van der Waals surface area contributed by atoms with Crippen molar-refractivity contribution in [3.05, 3.63) is 29.3 Å². The van der Waals surface area contributed by atoms with E-state index >= 15 is 0 Å². The molecule has 2 rings (SSSR count). The highest BCUT2D eigenvalue weighted by Gasteiger charge is 2.32. The summed E-state index contributed by atoms with van der Waals surface area (Å²) in [6, 6.07) is 2.94. The Labute approximate surface area is 96.2 Å². The molecule has 0 aromatic heterocycles. The van der Waals surface area contributed by atoms with Crippen molar-refractivity contribution in [2.75, 3.05) is 11.9 Å². The number of rotatable bonds is 3. The first-order valence-corrected chi connectivity index (χ1v) is 5.03. The SMILES string of the molecule is N#CCCNC1C(=O)Nc2c(F)cc(F)cc21. The smallest absolute Gasteiger partial charge is 0.246 e. The quantitative estimate of drug-likeness (QED) is 0.782. The predicted molar refractivity (Wildman–Crippen MR) is 56.0 cm³/mol. The van der Waals surface area contributed by atoms with E-state index in [1.165, 1.54) is 0 Å². The van der Waals surface area contributed by atoms with Gasteiger partial charge in [0.15, 0.2) is 0 Å². The molecule has 0 saturated heterocycles. The average molecular weight is 237 g/mol. The fourth-order valence-electron chi connectivity index (χ4n) is 1.76. The fraction of sp³-hybridized carbons (Fsp3) is 0.273. The highest BCUT2D eigenvalue weighted by molar-refractivity contribution is 6.02. The number of carbonyl (C=O) groups is 1. The molecule has 0 radical (unpaired) electrons. The van der Waals surface area contributed by atoms with Gasteiger partial charge >= 0.3 is 0 Å². The van der Waals surface area contributed by atoms with Crippen LogP contribution in [0, 0.1) is 23.0 Å². The molecule has 1 amide bonds. The Morgan fingerprint density at radius 1 is 1.47 bits per heavy atom. The van der Waals surface area contributed by atoms with Gasteiger partial charge in [-0.2, -0.15) is 5.26 Å². The van der Waals surface area contributed by atoms with Gasteiger partial charge < -0.3 is 10.6 Å². The Bertz CT molecular complexity index is 510. The molecular formula is C11H9F2N3O. The maximum absolute atomic E-state index is 13.4. The fourth-order valence-corrected chi connectivity index (χ4v) is 1.76. The second-order valence-corrected chi connectivity index (χ2v) is 3.64. The van der Waals surface area contributed by atoms with Crippen LogP contribution in [-0.2, 0) is 4.79 Å². The molecule has 1 heterocycles. The molecule has 0 spiro atoms. The van der Waals surface area contributed by atoms with Gasteiger partial charge in [-0.3, -0.25) is 4.79 Å². The minimum absolute atomic E-state index is 0.00542. The Balaban J connectivity index is 2.27. The van der Waals surface area contributed by atoms with E-state index in [0.29, 0.717) is 0 Å². The van der Waals surface area contributed by atoms with Crippen LogP contribution in [0.1, 0.15) is 18.0 Å². The van der Waals surface area contributed by atoms with E-state index in [9.17, 15) is 13.6 Å². The zero-order chi connectivity index (χ0) is 12.4. The van der Waals surface area contributed by atoms with Crippen LogP contribution in [0.3, 0.4) is 0 Å². The lowest BCUT2D eigenvalue weighted by Gasteiger charge is -2.09. The Morgan fingerprint density at radius 3 is 2.94 bits per heavy atom. The molecule has 17 heavy (non-hydrogen) atoms. The minimum atomic E-state index is -0.802. The van der Waals surface area contributed by atoms with Crippen molar-refractivity contribution < 1.29 is 13.6 Å². The van der Waals surface area contributed by atoms with Gasteiger partial charge in [0.2, 0.25) is 5.91 Å². The lowest BCUT2D eigenvalue weighted by molar-refractivity contribution is -0.117. The van der Waals surface area contributed by atoms with E-state index in [1.807, 2.05) is 6.07 Å². The topological polar surface area (TPSA) is 64.9 Å². The standard InChI is InChI=1S/C11H9F2N3O/c12-6-4-7-9(8(13)5-6)16-11(17)10(7)15-3-1-2-14/h4-5,10,15H,1,3H2,(H,16,17). The van der Waals surface area contributed by atoms with E-state index in [2.05, 4.69) is 10.6 Å². The molecule has 0 bridgehead atoms. The summed E-state index contributed by atoms with van der Waals surface area (Å²) in [5.41, 5.74) is 0.247. The van der Waals surface area contributed by atoms with Crippen LogP contribution in [0.2, 0.25) is 0 Å². The number of hydrogen-bond acceptors (Lipinski definition) is 3. The minimum Gasteiger partial charge on any atom is -0.322 e. The van der Waals surface area contributed by atoms with E-state index in [0.717, 1.165) is 12.1 Å². The number of carbonyl (C=O) groups excluding carboxylic acids is 1. The van der Waals surface area contributed by atoms with E-state index in [1.54, 1.807) is 0 Å². The number of hydrogen-bond donors (Lipinski definition) is 2. The first-order valence-electron chi connectivity index (χ1n) is 5.03. The number of nitrogens with zero attached hydrogens (tertiary/aromatic N) is 1. The van der Waals surface area contributed by atoms with E-state index in [-0.39, 0.29) is 24.2 Å². The second-order valence-electron chi connectivity index (χ2n) is 3.64. The van der Waals surface area contributed by atoms with Crippen LogP contribution in [-0.4, -0.2) is 12.5 Å². The van der Waals surface area contributed by atoms with Crippen LogP contribution < -0.4 is 10.6 Å². The third-order valence-corrected chi connectivity index (χ3v) is 2.49. The van der Waals surface area contributed by atoms with Gasteiger partial charge in [0.25, 0.3) is 0 Å². The van der Waals surface area contributed by atoms with Crippen molar-refractivity contribution in [1.82, 2.24) is 5.32 Å². The Morgan fingerprint density at radius 2 is 2.24 bits per heavy atom. The molecule has 1 aliphatic heterocycles. The summed E-state index contributed by atoms with van der Waals surface area (Å²) in [5.74, 6) is -1.97. The number of halogens is 2. The summed E-state index contributed by atoms with van der Waals surface area (Å²) in [6.07, 6.45) is 0.219. The summed E-state index contributed by atoms with van der Waals surface area (Å²) >= 11 is 0. The normalized spacial score (nSPS) is 17.5. The van der Waals surface area contributed by atoms with Crippen molar-refractivity contribution in [3.63, 3.8) is 0 Å². The maximum atomic E-state index is 13.4. The van der Waals surface area contributed by atoms with Crippen LogP contribution in [0.15, 0.2) is 12.1 Å². The first-order chi connectivity index (χ1) is 8.13. The van der Waals surface area contributed by atoms with Gasteiger partial charge in [-0.1, -0.05) is 0 Å². The number of fused-ring (bicyclic) bond motifs is 1. The number of nitrogens with one attached hydrogen (secondary N) is 2. The molecule has 2 N–H and O–H groups in total. The van der Waals surface area contributed by atoms with Crippen LogP contribution >= 0.6 is 0 Å². The van der Waals surface area contributed by atoms with Crippen molar-refractivity contribution in [2.24, 2.45) is 0 Å². The zero-order valence-corrected chi connectivity index (χ0v) is 8.76. The van der Waals surface area contributed by atoms with Crippen LogP contribution in [0.4, 0.5) is 14.5 Å². The number of amides is 1. The number of benzene rings is 1. The molecule has 0 saturated carbocycles. The average Bonchev–Trinajstić information content (AvgIpc) is 2.57. The summed E-state index contributed by atoms with van der Waals surface area (Å²) in [7, 11) is 0. The highest BCUT2D eigenvalue weighted by atomic mass is 19.1. The third kappa shape index (κ3) is 2.10. The summed E-state index contributed by atoms with van der Waals surface area (Å²) in [4.78, 5) is 11.5. The first kappa shape index (κ1) is 11.5. The summed E-state index contributed by atoms with van der Waals surface area (Å²) in [6.45, 7) is 0.284. The molecule has 88 valence electrons. The molecule has 0 fully saturated rings. The maximum Gasteiger partial charge on any atom is 0.246 e. The Kier molecular flexibility index (Phi) is 3.02. The second kappa shape index (κ2) is 4.47. The van der Waals surface area contributed by atoms with E-state index in [4.69, 9.17) is 5.26 Å². The lowest BCUT2D eigenvalue weighted by Crippen LogP contribution is -2.28. The molecule has 4 nitrogen and oxygen atoms in total. The van der Waals surface area contributed by atoms with Crippen molar-refractivity contribution in [2.45, 2.75) is 12.5 Å². The lowest BCUT2D eigenvalue weighted by atomic mass is 10.1. The summed E-state index contributed by atoms with van der Waals surface area (Å²) < 4.78 is 26.4. The monoisotopic (exact) mass is 237 g/mol.